The number of rotatable bonds is 3. The molecule has 2 aromatic rings. The van der Waals surface area contributed by atoms with E-state index in [0.717, 1.165) is 24.8 Å². The summed E-state index contributed by atoms with van der Waals surface area (Å²) in [7, 11) is 0. The van der Waals surface area contributed by atoms with E-state index < -0.39 is 5.91 Å². The smallest absolute Gasteiger partial charge is 0.250 e. The summed E-state index contributed by atoms with van der Waals surface area (Å²) in [5.41, 5.74) is 2.64. The van der Waals surface area contributed by atoms with E-state index in [2.05, 4.69) is 37.5 Å². The summed E-state index contributed by atoms with van der Waals surface area (Å²) in [5.74, 6) is 0.186. The molecule has 0 saturated carbocycles. The second-order valence-electron chi connectivity index (χ2n) is 8.57. The van der Waals surface area contributed by atoms with Crippen LogP contribution in [0.3, 0.4) is 0 Å². The molecule has 0 fully saturated rings. The van der Waals surface area contributed by atoms with Crippen molar-refractivity contribution in [1.29, 1.82) is 5.26 Å². The molecule has 1 aromatic heterocycles. The quantitative estimate of drug-likeness (QED) is 0.374. The number of amides is 1. The fourth-order valence-corrected chi connectivity index (χ4v) is 5.64. The minimum absolute atomic E-state index is 0.152. The maximum absolute atomic E-state index is 12.2. The standard InChI is InChI=1S/C23H23Cl2N3OS2/c1-23(2,3)14-6-8-16-17(12-26)21(31-19(16)10-14)28-22(30)27-20(29)9-5-13-4-7-15(24)11-18(13)25/h4-5,7,9,11,14H,6,8,10H2,1-3H3,(H2,27,28,29,30)/b9-5+/t14-/m0/s1. The van der Waals surface area contributed by atoms with E-state index in [1.54, 1.807) is 35.6 Å². The zero-order valence-corrected chi connectivity index (χ0v) is 20.7. The van der Waals surface area contributed by atoms with Crippen molar-refractivity contribution >= 4 is 68.9 Å². The Morgan fingerprint density at radius 1 is 1.35 bits per heavy atom. The Morgan fingerprint density at radius 2 is 2.10 bits per heavy atom. The first-order valence-electron chi connectivity index (χ1n) is 9.88. The van der Waals surface area contributed by atoms with E-state index in [1.165, 1.54) is 11.0 Å². The van der Waals surface area contributed by atoms with Gasteiger partial charge in [-0.3, -0.25) is 10.1 Å². The Kier molecular flexibility index (Phi) is 7.43. The van der Waals surface area contributed by atoms with Crippen LogP contribution in [0.2, 0.25) is 10.0 Å². The molecule has 3 rings (SSSR count). The molecule has 1 aromatic carbocycles. The average molecular weight is 492 g/mol. The van der Waals surface area contributed by atoms with Gasteiger partial charge in [-0.25, -0.2) is 0 Å². The van der Waals surface area contributed by atoms with Crippen LogP contribution in [0.1, 0.15) is 48.8 Å². The Labute approximate surface area is 202 Å². The number of benzene rings is 1. The van der Waals surface area contributed by atoms with Crippen molar-refractivity contribution < 1.29 is 4.79 Å². The van der Waals surface area contributed by atoms with E-state index in [0.29, 0.717) is 32.1 Å². The Balaban J connectivity index is 1.67. The largest absolute Gasteiger partial charge is 0.323 e. The lowest BCUT2D eigenvalue weighted by Gasteiger charge is -2.33. The number of thiocarbonyl (C=S) groups is 1. The normalized spacial score (nSPS) is 15.9. The van der Waals surface area contributed by atoms with Gasteiger partial charge >= 0.3 is 0 Å². The van der Waals surface area contributed by atoms with Gasteiger partial charge in [0, 0.05) is 21.0 Å². The second-order valence-corrected chi connectivity index (χ2v) is 10.9. The average Bonchev–Trinajstić information content (AvgIpc) is 3.02. The summed E-state index contributed by atoms with van der Waals surface area (Å²) in [6.45, 7) is 6.78. The summed E-state index contributed by atoms with van der Waals surface area (Å²) < 4.78 is 0. The Hall–Kier alpha value is -1.91. The van der Waals surface area contributed by atoms with Crippen LogP contribution in [-0.4, -0.2) is 11.0 Å². The summed E-state index contributed by atoms with van der Waals surface area (Å²) in [4.78, 5) is 13.5. The van der Waals surface area contributed by atoms with Crippen molar-refractivity contribution in [2.24, 2.45) is 11.3 Å². The molecule has 1 atom stereocenters. The number of carbonyl (C=O) groups is 1. The van der Waals surface area contributed by atoms with Crippen LogP contribution in [0.4, 0.5) is 5.00 Å². The lowest BCUT2D eigenvalue weighted by molar-refractivity contribution is -0.115. The van der Waals surface area contributed by atoms with Crippen molar-refractivity contribution in [3.05, 3.63) is 55.9 Å². The van der Waals surface area contributed by atoms with Gasteiger partial charge in [-0.2, -0.15) is 5.26 Å². The molecule has 0 spiro atoms. The van der Waals surface area contributed by atoms with E-state index in [4.69, 9.17) is 35.4 Å². The van der Waals surface area contributed by atoms with Crippen molar-refractivity contribution in [3.63, 3.8) is 0 Å². The molecular weight excluding hydrogens is 469 g/mol. The van der Waals surface area contributed by atoms with E-state index in [-0.39, 0.29) is 10.5 Å². The van der Waals surface area contributed by atoms with Crippen molar-refractivity contribution in [3.8, 4) is 6.07 Å². The number of nitrogens with zero attached hydrogens (tertiary/aromatic N) is 1. The fraction of sp³-hybridized carbons (Fsp3) is 0.348. The van der Waals surface area contributed by atoms with Crippen LogP contribution in [0.25, 0.3) is 6.08 Å². The number of carbonyl (C=O) groups excluding carboxylic acids is 1. The minimum Gasteiger partial charge on any atom is -0.323 e. The number of anilines is 1. The summed E-state index contributed by atoms with van der Waals surface area (Å²) >= 11 is 18.8. The summed E-state index contributed by atoms with van der Waals surface area (Å²) in [6, 6.07) is 7.34. The SMILES string of the molecule is CC(C)(C)[C@H]1CCc2c(sc(NC(=S)NC(=O)/C=C/c3ccc(Cl)cc3Cl)c2C#N)C1. The number of hydrogen-bond acceptors (Lipinski definition) is 4. The van der Waals surface area contributed by atoms with Gasteiger partial charge in [0.25, 0.3) is 0 Å². The minimum atomic E-state index is -0.392. The Bertz CT molecular complexity index is 1090. The molecule has 4 nitrogen and oxygen atoms in total. The van der Waals surface area contributed by atoms with Crippen LogP contribution in [0, 0.1) is 22.7 Å². The van der Waals surface area contributed by atoms with Crippen molar-refractivity contribution in [2.75, 3.05) is 5.32 Å². The van der Waals surface area contributed by atoms with E-state index in [9.17, 15) is 10.1 Å². The predicted molar refractivity (Wildman–Crippen MR) is 134 cm³/mol. The number of fused-ring (bicyclic) bond motifs is 1. The highest BCUT2D eigenvalue weighted by molar-refractivity contribution is 7.80. The number of nitriles is 1. The highest BCUT2D eigenvalue weighted by atomic mass is 35.5. The number of hydrogen-bond donors (Lipinski definition) is 2. The van der Waals surface area contributed by atoms with Crippen molar-refractivity contribution in [2.45, 2.75) is 40.0 Å². The molecule has 8 heteroatoms. The molecule has 1 heterocycles. The molecule has 2 N–H and O–H groups in total. The summed E-state index contributed by atoms with van der Waals surface area (Å²) in [5, 5.41) is 17.2. The number of thiophene rings is 1. The van der Waals surface area contributed by atoms with Crippen LogP contribution < -0.4 is 10.6 Å². The number of nitrogens with one attached hydrogen (secondary N) is 2. The molecule has 0 aliphatic heterocycles. The lowest BCUT2D eigenvalue weighted by atomic mass is 9.72. The molecule has 0 saturated heterocycles. The molecule has 1 aliphatic carbocycles. The van der Waals surface area contributed by atoms with E-state index >= 15 is 0 Å². The number of halogens is 2. The summed E-state index contributed by atoms with van der Waals surface area (Å²) in [6.07, 6.45) is 5.86. The fourth-order valence-electron chi connectivity index (χ4n) is 3.62. The molecule has 0 bridgehead atoms. The van der Waals surface area contributed by atoms with Gasteiger partial charge in [-0.15, -0.1) is 11.3 Å². The molecule has 0 unspecified atom stereocenters. The van der Waals surface area contributed by atoms with Crippen molar-refractivity contribution in [1.82, 2.24) is 5.32 Å². The topological polar surface area (TPSA) is 64.9 Å². The van der Waals surface area contributed by atoms with Crippen LogP contribution in [0.15, 0.2) is 24.3 Å². The van der Waals surface area contributed by atoms with Crippen LogP contribution >= 0.6 is 46.8 Å². The highest BCUT2D eigenvalue weighted by Gasteiger charge is 2.32. The second kappa shape index (κ2) is 9.70. The molecular formula is C23H23Cl2N3OS2. The molecule has 1 amide bonds. The van der Waals surface area contributed by atoms with E-state index in [1.807, 2.05) is 0 Å². The Morgan fingerprint density at radius 3 is 2.74 bits per heavy atom. The molecule has 1 aliphatic rings. The molecule has 0 radical (unpaired) electrons. The van der Waals surface area contributed by atoms with Gasteiger partial charge in [-0.1, -0.05) is 50.0 Å². The van der Waals surface area contributed by atoms with Gasteiger partial charge in [0.1, 0.15) is 11.1 Å². The van der Waals surface area contributed by atoms with Crippen LogP contribution in [0.5, 0.6) is 0 Å². The monoisotopic (exact) mass is 491 g/mol. The van der Waals surface area contributed by atoms with Crippen LogP contribution in [-0.2, 0) is 17.6 Å². The maximum atomic E-state index is 12.2. The first kappa shape index (κ1) is 23.7. The lowest BCUT2D eigenvalue weighted by Crippen LogP contribution is -2.32. The van der Waals surface area contributed by atoms with Gasteiger partial charge in [0.15, 0.2) is 5.11 Å². The maximum Gasteiger partial charge on any atom is 0.250 e. The van der Waals surface area contributed by atoms with Gasteiger partial charge < -0.3 is 5.32 Å². The van der Waals surface area contributed by atoms with Gasteiger partial charge in [0.05, 0.1) is 5.56 Å². The predicted octanol–water partition coefficient (Wildman–Crippen LogP) is 6.60. The zero-order chi connectivity index (χ0) is 22.8. The zero-order valence-electron chi connectivity index (χ0n) is 17.5. The first-order valence-corrected chi connectivity index (χ1v) is 11.9. The molecule has 162 valence electrons. The van der Waals surface area contributed by atoms with Gasteiger partial charge in [-0.05, 0) is 72.1 Å². The highest BCUT2D eigenvalue weighted by Crippen LogP contribution is 2.43. The first-order chi connectivity index (χ1) is 14.6. The third-order valence-corrected chi connectivity index (χ3v) is 7.38. The molecule has 31 heavy (non-hydrogen) atoms. The van der Waals surface area contributed by atoms with Gasteiger partial charge in [0.2, 0.25) is 5.91 Å². The third-order valence-electron chi connectivity index (χ3n) is 5.44. The third kappa shape index (κ3) is 5.87.